The number of ether oxygens (including phenoxy) is 1. The Labute approximate surface area is 237 Å². The van der Waals surface area contributed by atoms with Crippen molar-refractivity contribution in [3.05, 3.63) is 107 Å². The van der Waals surface area contributed by atoms with Crippen LogP contribution in [0.5, 0.6) is 11.5 Å². The largest absolute Gasteiger partial charge is 0.454 e. The zero-order valence-electron chi connectivity index (χ0n) is 21.8. The lowest BCUT2D eigenvalue weighted by atomic mass is 10.2. The zero-order chi connectivity index (χ0) is 28.3. The van der Waals surface area contributed by atoms with Crippen LogP contribution in [0.2, 0.25) is 5.02 Å². The van der Waals surface area contributed by atoms with E-state index in [1.54, 1.807) is 64.1 Å². The van der Waals surface area contributed by atoms with Gasteiger partial charge in [-0.15, -0.1) is 0 Å². The number of carbonyl (C=O) groups excluding carboxylic acids is 1. The van der Waals surface area contributed by atoms with Crippen LogP contribution in [0.15, 0.2) is 90.0 Å². The molecule has 0 spiro atoms. The number of aromatic nitrogens is 1. The van der Waals surface area contributed by atoms with E-state index in [9.17, 15) is 17.6 Å². The molecule has 1 aliphatic rings. The molecule has 1 aromatic heterocycles. The summed E-state index contributed by atoms with van der Waals surface area (Å²) >= 11 is 6.21. The van der Waals surface area contributed by atoms with E-state index >= 15 is 0 Å². The zero-order valence-corrected chi connectivity index (χ0v) is 23.3. The van der Waals surface area contributed by atoms with E-state index in [0.717, 1.165) is 0 Å². The number of halogens is 2. The number of nitrogens with one attached hydrogen (secondary N) is 1. The molecule has 1 saturated heterocycles. The first-order chi connectivity index (χ1) is 19.2. The maximum atomic E-state index is 14.0. The first-order valence-corrected chi connectivity index (χ1v) is 14.5. The third-order valence-corrected chi connectivity index (χ3v) is 8.38. The van der Waals surface area contributed by atoms with Crippen LogP contribution in [0.3, 0.4) is 0 Å². The topological polar surface area (TPSA) is 83.9 Å². The number of aryl methyl sites for hydroxylation is 1. The van der Waals surface area contributed by atoms with Crippen molar-refractivity contribution in [3.63, 3.8) is 0 Å². The lowest BCUT2D eigenvalue weighted by Gasteiger charge is -2.37. The van der Waals surface area contributed by atoms with Gasteiger partial charge >= 0.3 is 0 Å². The van der Waals surface area contributed by atoms with Crippen LogP contribution in [0.25, 0.3) is 0 Å². The second-order valence-electron chi connectivity index (χ2n) is 9.40. The smallest absolute Gasteiger partial charge is 0.270 e. The van der Waals surface area contributed by atoms with Gasteiger partial charge in [0.05, 0.1) is 5.69 Å². The summed E-state index contributed by atoms with van der Waals surface area (Å²) in [5.74, 6) is -0.0894. The predicted molar refractivity (Wildman–Crippen MR) is 152 cm³/mol. The molecule has 0 unspecified atom stereocenters. The molecule has 2 heterocycles. The summed E-state index contributed by atoms with van der Waals surface area (Å²) in [7, 11) is -2.14. The summed E-state index contributed by atoms with van der Waals surface area (Å²) < 4.78 is 51.0. The molecule has 0 radical (unpaired) electrons. The van der Waals surface area contributed by atoms with E-state index in [0.29, 0.717) is 53.9 Å². The fraction of sp³-hybridized carbons (Fsp3) is 0.207. The Kier molecular flexibility index (Phi) is 8.11. The van der Waals surface area contributed by atoms with Crippen LogP contribution in [-0.4, -0.2) is 50.0 Å². The molecule has 1 amide bonds. The summed E-state index contributed by atoms with van der Waals surface area (Å²) in [4.78, 5) is 16.7. The number of piperazine rings is 1. The lowest BCUT2D eigenvalue weighted by Crippen LogP contribution is -2.49. The minimum Gasteiger partial charge on any atom is -0.454 e. The number of benzene rings is 3. The van der Waals surface area contributed by atoms with E-state index < -0.39 is 15.8 Å². The average Bonchev–Trinajstić information content (AvgIpc) is 3.39. The highest BCUT2D eigenvalue weighted by atomic mass is 35.5. The molecule has 1 fully saturated rings. The highest BCUT2D eigenvalue weighted by molar-refractivity contribution is 7.89. The van der Waals surface area contributed by atoms with Gasteiger partial charge in [0.1, 0.15) is 16.3 Å². The number of sulfonamides is 1. The van der Waals surface area contributed by atoms with Gasteiger partial charge in [0.15, 0.2) is 11.6 Å². The van der Waals surface area contributed by atoms with Crippen molar-refractivity contribution < 1.29 is 22.3 Å². The number of para-hydroxylation sites is 1. The first kappa shape index (κ1) is 27.7. The van der Waals surface area contributed by atoms with Crippen molar-refractivity contribution in [3.8, 4) is 11.5 Å². The van der Waals surface area contributed by atoms with E-state index in [-0.39, 0.29) is 23.1 Å². The van der Waals surface area contributed by atoms with Gasteiger partial charge in [-0.25, -0.2) is 17.5 Å². The van der Waals surface area contributed by atoms with Crippen molar-refractivity contribution in [2.75, 3.05) is 31.1 Å². The summed E-state index contributed by atoms with van der Waals surface area (Å²) in [6.07, 6.45) is 1.83. The molecule has 3 aromatic carbocycles. The Morgan fingerprint density at radius 2 is 1.75 bits per heavy atom. The van der Waals surface area contributed by atoms with Gasteiger partial charge in [-0.3, -0.25) is 4.79 Å². The third-order valence-electron chi connectivity index (χ3n) is 6.71. The van der Waals surface area contributed by atoms with Crippen LogP contribution in [0, 0.1) is 5.82 Å². The van der Waals surface area contributed by atoms with Gasteiger partial charge < -0.3 is 19.1 Å². The van der Waals surface area contributed by atoms with Crippen molar-refractivity contribution in [1.82, 2.24) is 14.2 Å². The lowest BCUT2D eigenvalue weighted by molar-refractivity contribution is 0.0737. The number of amides is 1. The molecule has 1 aliphatic heterocycles. The molecule has 8 nitrogen and oxygen atoms in total. The van der Waals surface area contributed by atoms with E-state index in [4.69, 9.17) is 16.3 Å². The molecule has 0 bridgehead atoms. The Bertz CT molecular complexity index is 1630. The number of hydrogen-bond donors (Lipinski definition) is 1. The van der Waals surface area contributed by atoms with Gasteiger partial charge in [0.25, 0.3) is 5.91 Å². The maximum absolute atomic E-state index is 14.0. The fourth-order valence-corrected chi connectivity index (χ4v) is 6.09. The van der Waals surface area contributed by atoms with E-state index in [1.807, 2.05) is 24.2 Å². The summed E-state index contributed by atoms with van der Waals surface area (Å²) in [5.41, 5.74) is 1.75. The second kappa shape index (κ2) is 11.7. The highest BCUT2D eigenvalue weighted by Gasteiger charge is 2.28. The monoisotopic (exact) mass is 582 g/mol. The summed E-state index contributed by atoms with van der Waals surface area (Å²) in [6.45, 7) is 1.83. The number of anilines is 1. The number of hydrogen-bond acceptors (Lipinski definition) is 5. The average molecular weight is 583 g/mol. The maximum Gasteiger partial charge on any atom is 0.270 e. The molecule has 11 heteroatoms. The molecule has 0 aliphatic carbocycles. The summed E-state index contributed by atoms with van der Waals surface area (Å²) in [5, 5.41) is 0.293. The molecule has 4 aromatic rings. The van der Waals surface area contributed by atoms with Gasteiger partial charge in [0.2, 0.25) is 10.0 Å². The Hall–Kier alpha value is -3.86. The molecule has 0 saturated carbocycles. The van der Waals surface area contributed by atoms with E-state index in [1.165, 1.54) is 18.2 Å². The quantitative estimate of drug-likeness (QED) is 0.314. The SMILES string of the molecule is Cn1cccc1C(=O)N1CCN(c2ccc(Cl)cc2S(=O)(=O)NCc2cccc(Oc3ccccc3F)c2)CC1. The Morgan fingerprint density at radius 3 is 2.48 bits per heavy atom. The van der Waals surface area contributed by atoms with Gasteiger partial charge in [-0.2, -0.15) is 0 Å². The second-order valence-corrected chi connectivity index (χ2v) is 11.6. The molecule has 0 atom stereocenters. The molecular formula is C29H28ClFN4O4S. The van der Waals surface area contributed by atoms with Crippen molar-refractivity contribution in [2.45, 2.75) is 11.4 Å². The number of rotatable bonds is 8. The molecule has 1 N–H and O–H groups in total. The van der Waals surface area contributed by atoms with Crippen LogP contribution < -0.4 is 14.4 Å². The molecular weight excluding hydrogens is 555 g/mol. The summed E-state index contributed by atoms with van der Waals surface area (Å²) in [6, 6.07) is 21.2. The standard InChI is InChI=1S/C29H28ClFN4O4S/c1-33-13-5-9-26(33)29(36)35-16-14-34(15-17-35)25-12-11-22(30)19-28(25)40(37,38)32-20-21-6-4-7-23(18-21)39-27-10-3-2-8-24(27)31/h2-13,18-19,32H,14-17,20H2,1H3. The minimum absolute atomic E-state index is 0.0122. The van der Waals surface area contributed by atoms with Crippen LogP contribution >= 0.6 is 11.6 Å². The van der Waals surface area contributed by atoms with Gasteiger partial charge in [-0.05, 0) is 60.2 Å². The normalized spacial score (nSPS) is 13.9. The first-order valence-electron chi connectivity index (χ1n) is 12.7. The Balaban J connectivity index is 1.28. The molecule has 208 valence electrons. The third kappa shape index (κ3) is 6.14. The van der Waals surface area contributed by atoms with Gasteiger partial charge in [0, 0.05) is 51.0 Å². The number of carbonyl (C=O) groups is 1. The highest BCUT2D eigenvalue weighted by Crippen LogP contribution is 2.30. The molecule has 40 heavy (non-hydrogen) atoms. The van der Waals surface area contributed by atoms with Crippen LogP contribution in [-0.2, 0) is 23.6 Å². The molecule has 5 rings (SSSR count). The fourth-order valence-electron chi connectivity index (χ4n) is 4.59. The number of nitrogens with zero attached hydrogens (tertiary/aromatic N) is 3. The van der Waals surface area contributed by atoms with Crippen molar-refractivity contribution in [1.29, 1.82) is 0 Å². The van der Waals surface area contributed by atoms with Crippen LogP contribution in [0.4, 0.5) is 10.1 Å². The van der Waals surface area contributed by atoms with Crippen LogP contribution in [0.1, 0.15) is 16.1 Å². The van der Waals surface area contributed by atoms with Gasteiger partial charge in [-0.1, -0.05) is 35.9 Å². The van der Waals surface area contributed by atoms with Crippen molar-refractivity contribution in [2.24, 2.45) is 7.05 Å². The van der Waals surface area contributed by atoms with E-state index in [2.05, 4.69) is 4.72 Å². The minimum atomic E-state index is -3.97. The van der Waals surface area contributed by atoms with Crippen molar-refractivity contribution >= 4 is 33.2 Å². The Morgan fingerprint density at radius 1 is 0.975 bits per heavy atom. The predicted octanol–water partition coefficient (Wildman–Crippen LogP) is 5.05.